The molecule has 1 aromatic carbocycles. The Kier molecular flexibility index (Phi) is 5.60. The fourth-order valence-electron chi connectivity index (χ4n) is 4.64. The van der Waals surface area contributed by atoms with Crippen LogP contribution in [0.4, 0.5) is 9.80 Å². The second-order valence-electron chi connectivity index (χ2n) is 8.42. The molecular formula is C24H23N5O3S. The van der Waals surface area contributed by atoms with Crippen LogP contribution in [0, 0.1) is 11.3 Å². The van der Waals surface area contributed by atoms with Gasteiger partial charge in [-0.1, -0.05) is 24.6 Å². The van der Waals surface area contributed by atoms with Gasteiger partial charge in [0.15, 0.2) is 0 Å². The lowest BCUT2D eigenvalue weighted by atomic mass is 10.1. The van der Waals surface area contributed by atoms with Crippen LogP contribution in [0.25, 0.3) is 10.9 Å². The highest BCUT2D eigenvalue weighted by atomic mass is 32.1. The molecule has 3 aromatic rings. The first kappa shape index (κ1) is 21.2. The van der Waals surface area contributed by atoms with E-state index in [1.54, 1.807) is 0 Å². The molecular weight excluding hydrogens is 438 g/mol. The Morgan fingerprint density at radius 3 is 2.88 bits per heavy atom. The second-order valence-corrected chi connectivity index (χ2v) is 9.52. The van der Waals surface area contributed by atoms with Crippen molar-refractivity contribution in [2.24, 2.45) is 0 Å². The summed E-state index contributed by atoms with van der Waals surface area (Å²) in [5.41, 5.74) is 3.43. The molecule has 0 spiro atoms. The fraction of sp³-hybridized carbons (Fsp3) is 0.333. The number of aryl methyl sites for hydroxylation is 1. The van der Waals surface area contributed by atoms with Crippen molar-refractivity contribution < 1.29 is 14.4 Å². The van der Waals surface area contributed by atoms with Crippen molar-refractivity contribution in [3.8, 4) is 6.07 Å². The van der Waals surface area contributed by atoms with E-state index in [2.05, 4.69) is 21.7 Å². The highest BCUT2D eigenvalue weighted by Crippen LogP contribution is 2.37. The van der Waals surface area contributed by atoms with Gasteiger partial charge in [-0.25, -0.2) is 4.79 Å². The monoisotopic (exact) mass is 461 g/mol. The summed E-state index contributed by atoms with van der Waals surface area (Å²) in [6.07, 6.45) is 7.17. The predicted molar refractivity (Wildman–Crippen MR) is 125 cm³/mol. The van der Waals surface area contributed by atoms with Crippen molar-refractivity contribution >= 4 is 45.1 Å². The number of carbonyl (C=O) groups is 3. The number of urea groups is 1. The Hall–Kier alpha value is -3.64. The summed E-state index contributed by atoms with van der Waals surface area (Å²) in [5.74, 6) is -0.915. The number of fused-ring (bicyclic) bond motifs is 2. The van der Waals surface area contributed by atoms with Crippen molar-refractivity contribution in [1.82, 2.24) is 15.2 Å². The molecule has 1 atom stereocenters. The number of aromatic amines is 1. The summed E-state index contributed by atoms with van der Waals surface area (Å²) >= 11 is 1.43. The minimum Gasteiger partial charge on any atom is -0.361 e. The molecule has 0 radical (unpaired) electrons. The van der Waals surface area contributed by atoms with Crippen LogP contribution in [0.2, 0.25) is 0 Å². The third-order valence-electron chi connectivity index (χ3n) is 6.29. The van der Waals surface area contributed by atoms with Gasteiger partial charge in [0, 0.05) is 28.4 Å². The lowest BCUT2D eigenvalue weighted by molar-refractivity contribution is -0.130. The molecule has 1 aliphatic carbocycles. The first-order valence-electron chi connectivity index (χ1n) is 11.1. The number of imide groups is 1. The van der Waals surface area contributed by atoms with Crippen LogP contribution in [-0.2, 0) is 28.9 Å². The summed E-state index contributed by atoms with van der Waals surface area (Å²) in [6, 6.07) is 8.68. The molecule has 9 heteroatoms. The van der Waals surface area contributed by atoms with E-state index in [-0.39, 0.29) is 6.54 Å². The van der Waals surface area contributed by atoms with E-state index in [9.17, 15) is 19.6 Å². The molecule has 1 fully saturated rings. The molecule has 168 valence electrons. The SMILES string of the molecule is N#Cc1c(NC(=O)CN2C(=O)N[C@@H](Cc3c[nH]c4ccccc34)C2=O)sc2c1CCCCC2. The zero-order valence-corrected chi connectivity index (χ0v) is 18.8. The quantitative estimate of drug-likeness (QED) is 0.398. The number of rotatable bonds is 5. The van der Waals surface area contributed by atoms with Gasteiger partial charge in [-0.3, -0.25) is 14.5 Å². The number of H-pyrrole nitrogens is 1. The standard InChI is InChI=1S/C24H23N5O3S/c25-11-17-16-7-2-1-3-9-20(16)33-22(17)28-21(30)13-29-23(31)19(27-24(29)32)10-14-12-26-18-8-5-4-6-15(14)18/h4-6,8,12,19,26H,1-3,7,9-10,13H2,(H,27,32)(H,28,30)/t19-/m0/s1. The maximum absolute atomic E-state index is 12.9. The number of hydrogen-bond acceptors (Lipinski definition) is 5. The van der Waals surface area contributed by atoms with Gasteiger partial charge in [0.05, 0.1) is 5.56 Å². The van der Waals surface area contributed by atoms with Crippen LogP contribution >= 0.6 is 11.3 Å². The maximum atomic E-state index is 12.9. The van der Waals surface area contributed by atoms with Crippen molar-refractivity contribution in [3.05, 3.63) is 52.0 Å². The summed E-state index contributed by atoms with van der Waals surface area (Å²) in [4.78, 5) is 43.3. The molecule has 5 rings (SSSR count). The number of nitrogens with zero attached hydrogens (tertiary/aromatic N) is 2. The number of nitrogens with one attached hydrogen (secondary N) is 3. The number of benzene rings is 1. The van der Waals surface area contributed by atoms with Crippen molar-refractivity contribution in [2.75, 3.05) is 11.9 Å². The summed E-state index contributed by atoms with van der Waals surface area (Å²) in [6.45, 7) is -0.386. The summed E-state index contributed by atoms with van der Waals surface area (Å²) in [7, 11) is 0. The zero-order valence-electron chi connectivity index (χ0n) is 17.9. The second kappa shape index (κ2) is 8.71. The van der Waals surface area contributed by atoms with E-state index >= 15 is 0 Å². The number of thiophene rings is 1. The Labute approximate surface area is 194 Å². The van der Waals surface area contributed by atoms with E-state index in [0.717, 1.165) is 63.9 Å². The van der Waals surface area contributed by atoms with E-state index in [4.69, 9.17) is 0 Å². The van der Waals surface area contributed by atoms with Crippen LogP contribution < -0.4 is 10.6 Å². The minimum atomic E-state index is -0.725. The number of para-hydroxylation sites is 1. The molecule has 2 aromatic heterocycles. The molecule has 0 bridgehead atoms. The average molecular weight is 462 g/mol. The van der Waals surface area contributed by atoms with Crippen LogP contribution in [0.15, 0.2) is 30.5 Å². The maximum Gasteiger partial charge on any atom is 0.325 e. The van der Waals surface area contributed by atoms with Crippen LogP contribution in [0.5, 0.6) is 0 Å². The van der Waals surface area contributed by atoms with Gasteiger partial charge in [-0.2, -0.15) is 5.26 Å². The highest BCUT2D eigenvalue weighted by Gasteiger charge is 2.39. The zero-order chi connectivity index (χ0) is 22.9. The Morgan fingerprint density at radius 2 is 2.03 bits per heavy atom. The molecule has 1 saturated heterocycles. The molecule has 33 heavy (non-hydrogen) atoms. The van der Waals surface area contributed by atoms with E-state index < -0.39 is 23.9 Å². The number of hydrogen-bond donors (Lipinski definition) is 3. The van der Waals surface area contributed by atoms with Crippen molar-refractivity contribution in [1.29, 1.82) is 5.26 Å². The summed E-state index contributed by atoms with van der Waals surface area (Å²) in [5, 5.41) is 16.6. The molecule has 2 aliphatic rings. The van der Waals surface area contributed by atoms with E-state index in [1.165, 1.54) is 11.3 Å². The molecule has 0 saturated carbocycles. The third kappa shape index (κ3) is 3.98. The van der Waals surface area contributed by atoms with Gasteiger partial charge in [-0.15, -0.1) is 11.3 Å². The van der Waals surface area contributed by atoms with Gasteiger partial charge in [0.1, 0.15) is 23.7 Å². The summed E-state index contributed by atoms with van der Waals surface area (Å²) < 4.78 is 0. The van der Waals surface area contributed by atoms with Gasteiger partial charge in [0.25, 0.3) is 5.91 Å². The molecule has 3 heterocycles. The lowest BCUT2D eigenvalue weighted by Crippen LogP contribution is -2.38. The van der Waals surface area contributed by atoms with Gasteiger partial charge < -0.3 is 15.6 Å². The fourth-order valence-corrected chi connectivity index (χ4v) is 5.90. The minimum absolute atomic E-state index is 0.336. The Bertz CT molecular complexity index is 1300. The molecule has 1 aliphatic heterocycles. The number of nitriles is 1. The van der Waals surface area contributed by atoms with Crippen molar-refractivity contribution in [2.45, 2.75) is 44.6 Å². The average Bonchev–Trinajstić information content (AvgIpc) is 3.37. The van der Waals surface area contributed by atoms with Crippen molar-refractivity contribution in [3.63, 3.8) is 0 Å². The van der Waals surface area contributed by atoms with Gasteiger partial charge in [0.2, 0.25) is 5.91 Å². The normalized spacial score (nSPS) is 18.0. The van der Waals surface area contributed by atoms with Gasteiger partial charge in [-0.05, 0) is 42.9 Å². The predicted octanol–water partition coefficient (Wildman–Crippen LogP) is 3.47. The number of amides is 4. The molecule has 8 nitrogen and oxygen atoms in total. The lowest BCUT2D eigenvalue weighted by Gasteiger charge is -2.12. The Morgan fingerprint density at radius 1 is 1.21 bits per heavy atom. The van der Waals surface area contributed by atoms with E-state index in [0.29, 0.717) is 17.0 Å². The van der Waals surface area contributed by atoms with Crippen LogP contribution in [0.1, 0.15) is 40.8 Å². The topological polar surface area (TPSA) is 118 Å². The first-order valence-corrected chi connectivity index (χ1v) is 11.9. The number of aromatic nitrogens is 1. The molecule has 0 unspecified atom stereocenters. The van der Waals surface area contributed by atoms with Crippen LogP contribution in [0.3, 0.4) is 0 Å². The largest absolute Gasteiger partial charge is 0.361 e. The third-order valence-corrected chi connectivity index (χ3v) is 7.50. The Balaban J connectivity index is 1.27. The number of carbonyl (C=O) groups excluding carboxylic acids is 3. The molecule has 3 N–H and O–H groups in total. The number of anilines is 1. The van der Waals surface area contributed by atoms with E-state index in [1.807, 2.05) is 30.5 Å². The van der Waals surface area contributed by atoms with Crippen LogP contribution in [-0.4, -0.2) is 40.3 Å². The highest BCUT2D eigenvalue weighted by molar-refractivity contribution is 7.16. The first-order chi connectivity index (χ1) is 16.0. The smallest absolute Gasteiger partial charge is 0.325 e. The molecule has 4 amide bonds. The van der Waals surface area contributed by atoms with Gasteiger partial charge >= 0.3 is 6.03 Å².